The Bertz CT molecular complexity index is 1340. The van der Waals surface area contributed by atoms with Crippen molar-refractivity contribution in [2.24, 2.45) is 0 Å². The molecule has 0 amide bonds. The van der Waals surface area contributed by atoms with Crippen LogP contribution in [0.3, 0.4) is 0 Å². The molecule has 0 bridgehead atoms. The summed E-state index contributed by atoms with van der Waals surface area (Å²) in [6, 6.07) is 9.30. The van der Waals surface area contributed by atoms with Gasteiger partial charge in [0.25, 0.3) is 0 Å². The number of aryl methyl sites for hydroxylation is 2. The molecule has 0 saturated heterocycles. The largest absolute Gasteiger partial charge is 0.319 e. The number of sulfonamides is 1. The standard InChI is InChI=1S/C22H27N5O2S2/c1-5-26(6-2)31(28,29)18-10-11-20-19(13-18)24-22(27(20)7-3)30-15-17-14-25-12-8-9-16(4)21(25)23-17/h8-14H,5-7,15H2,1-4H3. The van der Waals surface area contributed by atoms with Crippen LogP contribution in [-0.2, 0) is 22.3 Å². The topological polar surface area (TPSA) is 72.5 Å². The number of hydrogen-bond acceptors (Lipinski definition) is 5. The minimum absolute atomic E-state index is 0.289. The van der Waals surface area contributed by atoms with Crippen molar-refractivity contribution in [3.63, 3.8) is 0 Å². The van der Waals surface area contributed by atoms with Crippen LogP contribution < -0.4 is 0 Å². The first kappa shape index (κ1) is 21.9. The lowest BCUT2D eigenvalue weighted by atomic mass is 10.3. The molecule has 0 atom stereocenters. The summed E-state index contributed by atoms with van der Waals surface area (Å²) in [6.07, 6.45) is 4.05. The second-order valence-corrected chi connectivity index (χ2v) is 10.2. The van der Waals surface area contributed by atoms with E-state index in [2.05, 4.69) is 24.5 Å². The normalized spacial score (nSPS) is 12.4. The third-order valence-electron chi connectivity index (χ3n) is 5.42. The van der Waals surface area contributed by atoms with E-state index in [9.17, 15) is 8.42 Å². The quantitative estimate of drug-likeness (QED) is 0.368. The lowest BCUT2D eigenvalue weighted by molar-refractivity contribution is 0.445. The average Bonchev–Trinajstić information content (AvgIpc) is 3.33. The fourth-order valence-corrected chi connectivity index (χ4v) is 6.23. The van der Waals surface area contributed by atoms with Crippen molar-refractivity contribution in [2.75, 3.05) is 13.1 Å². The molecule has 9 heteroatoms. The Labute approximate surface area is 187 Å². The van der Waals surface area contributed by atoms with E-state index in [0.29, 0.717) is 24.4 Å². The summed E-state index contributed by atoms with van der Waals surface area (Å²) in [5.74, 6) is 0.690. The number of thioether (sulfide) groups is 1. The first-order valence-corrected chi connectivity index (χ1v) is 12.9. The van der Waals surface area contributed by atoms with Gasteiger partial charge in [-0.25, -0.2) is 18.4 Å². The third kappa shape index (κ3) is 3.97. The zero-order valence-electron chi connectivity index (χ0n) is 18.2. The van der Waals surface area contributed by atoms with Gasteiger partial charge in [0.1, 0.15) is 5.65 Å². The Morgan fingerprint density at radius 1 is 1.10 bits per heavy atom. The van der Waals surface area contributed by atoms with Crippen molar-refractivity contribution in [3.8, 4) is 0 Å². The summed E-state index contributed by atoms with van der Waals surface area (Å²) in [4.78, 5) is 9.79. The number of aromatic nitrogens is 4. The SMILES string of the molecule is CCN(CC)S(=O)(=O)c1ccc2c(c1)nc(SCc1cn3cccc(C)c3n1)n2CC. The molecule has 0 radical (unpaired) electrons. The maximum Gasteiger partial charge on any atom is 0.243 e. The first-order valence-electron chi connectivity index (χ1n) is 10.5. The summed E-state index contributed by atoms with van der Waals surface area (Å²) >= 11 is 1.62. The molecule has 7 nitrogen and oxygen atoms in total. The number of fused-ring (bicyclic) bond motifs is 2. The summed E-state index contributed by atoms with van der Waals surface area (Å²) < 4.78 is 31.4. The molecule has 3 aromatic heterocycles. The monoisotopic (exact) mass is 457 g/mol. The van der Waals surface area contributed by atoms with Gasteiger partial charge in [0, 0.05) is 37.8 Å². The van der Waals surface area contributed by atoms with Crippen LogP contribution in [0, 0.1) is 6.92 Å². The molecular weight excluding hydrogens is 430 g/mol. The fourth-order valence-electron chi connectivity index (χ4n) is 3.79. The zero-order chi connectivity index (χ0) is 22.2. The van der Waals surface area contributed by atoms with Crippen LogP contribution in [-0.4, -0.2) is 44.7 Å². The smallest absolute Gasteiger partial charge is 0.243 e. The molecule has 0 unspecified atom stereocenters. The summed E-state index contributed by atoms with van der Waals surface area (Å²) in [6.45, 7) is 9.46. The molecule has 3 heterocycles. The van der Waals surface area contributed by atoms with Crippen LogP contribution in [0.2, 0.25) is 0 Å². The van der Waals surface area contributed by atoms with E-state index in [1.807, 2.05) is 42.8 Å². The number of benzene rings is 1. The number of imidazole rings is 2. The lowest BCUT2D eigenvalue weighted by Crippen LogP contribution is -2.30. The second-order valence-electron chi connectivity index (χ2n) is 7.32. The summed E-state index contributed by atoms with van der Waals surface area (Å²) in [5.41, 5.74) is 4.73. The van der Waals surface area contributed by atoms with Gasteiger partial charge in [-0.1, -0.05) is 31.7 Å². The highest BCUT2D eigenvalue weighted by atomic mass is 32.2. The van der Waals surface area contributed by atoms with Gasteiger partial charge < -0.3 is 8.97 Å². The Morgan fingerprint density at radius 3 is 2.55 bits per heavy atom. The van der Waals surface area contributed by atoms with Crippen molar-refractivity contribution in [3.05, 3.63) is 54.0 Å². The predicted octanol–water partition coefficient (Wildman–Crippen LogP) is 4.34. The zero-order valence-corrected chi connectivity index (χ0v) is 19.9. The molecular formula is C22H27N5O2S2. The van der Waals surface area contributed by atoms with E-state index in [-0.39, 0.29) is 4.90 Å². The molecule has 1 aromatic carbocycles. The molecule has 164 valence electrons. The molecule has 4 rings (SSSR count). The van der Waals surface area contributed by atoms with Crippen molar-refractivity contribution in [2.45, 2.75) is 50.0 Å². The number of nitrogens with zero attached hydrogens (tertiary/aromatic N) is 5. The molecule has 0 spiro atoms. The highest BCUT2D eigenvalue weighted by Gasteiger charge is 2.23. The minimum Gasteiger partial charge on any atom is -0.319 e. The highest BCUT2D eigenvalue weighted by molar-refractivity contribution is 7.98. The van der Waals surface area contributed by atoms with Gasteiger partial charge in [-0.05, 0) is 43.7 Å². The minimum atomic E-state index is -3.51. The van der Waals surface area contributed by atoms with Gasteiger partial charge in [0.2, 0.25) is 10.0 Å². The Kier molecular flexibility index (Phi) is 6.09. The van der Waals surface area contributed by atoms with Crippen LogP contribution in [0.15, 0.2) is 52.8 Å². The lowest BCUT2D eigenvalue weighted by Gasteiger charge is -2.18. The van der Waals surface area contributed by atoms with Crippen molar-refractivity contribution >= 4 is 38.5 Å². The van der Waals surface area contributed by atoms with Crippen LogP contribution in [0.1, 0.15) is 32.0 Å². The van der Waals surface area contributed by atoms with Crippen molar-refractivity contribution < 1.29 is 8.42 Å². The maximum atomic E-state index is 12.9. The van der Waals surface area contributed by atoms with Crippen molar-refractivity contribution in [1.29, 1.82) is 0 Å². The molecule has 31 heavy (non-hydrogen) atoms. The Hall–Kier alpha value is -2.36. The van der Waals surface area contributed by atoms with E-state index in [1.165, 1.54) is 4.31 Å². The van der Waals surface area contributed by atoms with E-state index in [0.717, 1.165) is 34.1 Å². The van der Waals surface area contributed by atoms with E-state index in [4.69, 9.17) is 9.97 Å². The maximum absolute atomic E-state index is 12.9. The van der Waals surface area contributed by atoms with Crippen LogP contribution >= 0.6 is 11.8 Å². The number of rotatable bonds is 8. The first-order chi connectivity index (χ1) is 14.9. The van der Waals surface area contributed by atoms with E-state index < -0.39 is 10.0 Å². The molecule has 0 aliphatic rings. The Balaban J connectivity index is 1.65. The van der Waals surface area contributed by atoms with Gasteiger partial charge in [-0.3, -0.25) is 0 Å². The van der Waals surface area contributed by atoms with Gasteiger partial charge in [-0.2, -0.15) is 4.31 Å². The van der Waals surface area contributed by atoms with Gasteiger partial charge in [0.15, 0.2) is 5.16 Å². The van der Waals surface area contributed by atoms with Crippen LogP contribution in [0.5, 0.6) is 0 Å². The van der Waals surface area contributed by atoms with Gasteiger partial charge in [-0.15, -0.1) is 0 Å². The predicted molar refractivity (Wildman–Crippen MR) is 125 cm³/mol. The molecule has 0 fully saturated rings. The van der Waals surface area contributed by atoms with Crippen LogP contribution in [0.4, 0.5) is 0 Å². The molecule has 0 N–H and O–H groups in total. The average molecular weight is 458 g/mol. The molecule has 4 aromatic rings. The van der Waals surface area contributed by atoms with E-state index >= 15 is 0 Å². The van der Waals surface area contributed by atoms with Crippen molar-refractivity contribution in [1.82, 2.24) is 23.2 Å². The Morgan fingerprint density at radius 2 is 1.87 bits per heavy atom. The fraction of sp³-hybridized carbons (Fsp3) is 0.364. The summed E-state index contributed by atoms with van der Waals surface area (Å²) in [5, 5.41) is 0.865. The van der Waals surface area contributed by atoms with Crippen LogP contribution in [0.25, 0.3) is 16.7 Å². The number of hydrogen-bond donors (Lipinski definition) is 0. The molecule has 0 saturated carbocycles. The second kappa shape index (κ2) is 8.64. The third-order valence-corrected chi connectivity index (χ3v) is 8.48. The molecule has 0 aliphatic carbocycles. The van der Waals surface area contributed by atoms with Gasteiger partial charge >= 0.3 is 0 Å². The molecule has 0 aliphatic heterocycles. The highest BCUT2D eigenvalue weighted by Crippen LogP contribution is 2.29. The number of pyridine rings is 1. The van der Waals surface area contributed by atoms with Gasteiger partial charge in [0.05, 0.1) is 21.6 Å². The summed E-state index contributed by atoms with van der Waals surface area (Å²) in [7, 11) is -3.51. The van der Waals surface area contributed by atoms with E-state index in [1.54, 1.807) is 23.9 Å².